The number of likely N-dealkylation sites (tertiary alicyclic amines) is 2. The van der Waals surface area contributed by atoms with Gasteiger partial charge < -0.3 is 9.47 Å². The Bertz CT molecular complexity index is 1100. The molecule has 5 rings (SSSR count). The number of anilines is 1. The molecule has 1 amide bonds. The van der Waals surface area contributed by atoms with Crippen LogP contribution in [0.3, 0.4) is 0 Å². The SMILES string of the molecule is CCc1nc2cccnc2n1C1CCN(C(=O)C2CCN(Cc3cnc(N)[nH+]c3)CC2)CC1. The minimum Gasteiger partial charge on any atom is -0.342 e. The van der Waals surface area contributed by atoms with E-state index in [4.69, 9.17) is 10.7 Å². The van der Waals surface area contributed by atoms with Crippen molar-refractivity contribution in [1.82, 2.24) is 29.3 Å². The van der Waals surface area contributed by atoms with E-state index in [0.717, 1.165) is 87.4 Å². The second-order valence-electron chi connectivity index (χ2n) is 9.21. The zero-order valence-corrected chi connectivity index (χ0v) is 19.3. The van der Waals surface area contributed by atoms with Crippen LogP contribution in [0.2, 0.25) is 0 Å². The average molecular weight is 450 g/mol. The summed E-state index contributed by atoms with van der Waals surface area (Å²) in [7, 11) is 0. The molecule has 0 atom stereocenters. The van der Waals surface area contributed by atoms with Crippen molar-refractivity contribution in [1.29, 1.82) is 0 Å². The van der Waals surface area contributed by atoms with Crippen molar-refractivity contribution in [2.24, 2.45) is 5.92 Å². The highest BCUT2D eigenvalue weighted by Crippen LogP contribution is 2.30. The Labute approximate surface area is 194 Å². The Morgan fingerprint density at radius 1 is 1.15 bits per heavy atom. The molecule has 174 valence electrons. The Morgan fingerprint density at radius 2 is 1.94 bits per heavy atom. The summed E-state index contributed by atoms with van der Waals surface area (Å²) in [6, 6.07) is 4.33. The molecule has 2 aliphatic heterocycles. The summed E-state index contributed by atoms with van der Waals surface area (Å²) in [4.78, 5) is 34.2. The van der Waals surface area contributed by atoms with Crippen molar-refractivity contribution in [2.45, 2.75) is 51.6 Å². The van der Waals surface area contributed by atoms with Gasteiger partial charge in [-0.2, -0.15) is 0 Å². The molecule has 0 bridgehead atoms. The van der Waals surface area contributed by atoms with E-state index in [1.807, 2.05) is 30.7 Å². The quantitative estimate of drug-likeness (QED) is 0.637. The molecule has 9 nitrogen and oxygen atoms in total. The summed E-state index contributed by atoms with van der Waals surface area (Å²) < 4.78 is 2.32. The van der Waals surface area contributed by atoms with Gasteiger partial charge in [-0.25, -0.2) is 15.0 Å². The number of rotatable bonds is 5. The number of nitrogens with two attached hydrogens (primary N) is 1. The lowest BCUT2D eigenvalue weighted by Gasteiger charge is -2.37. The highest BCUT2D eigenvalue weighted by Gasteiger charge is 2.32. The highest BCUT2D eigenvalue weighted by atomic mass is 16.2. The molecular formula is C24H33N8O+. The first-order valence-corrected chi connectivity index (χ1v) is 12.1. The van der Waals surface area contributed by atoms with Gasteiger partial charge >= 0.3 is 5.95 Å². The zero-order chi connectivity index (χ0) is 22.8. The third-order valence-electron chi connectivity index (χ3n) is 7.10. The van der Waals surface area contributed by atoms with Gasteiger partial charge in [0.2, 0.25) is 5.91 Å². The van der Waals surface area contributed by atoms with Crippen LogP contribution < -0.4 is 10.7 Å². The van der Waals surface area contributed by atoms with Gasteiger partial charge in [-0.15, -0.1) is 0 Å². The molecule has 33 heavy (non-hydrogen) atoms. The molecule has 0 aliphatic carbocycles. The maximum atomic E-state index is 13.2. The minimum absolute atomic E-state index is 0.135. The molecule has 0 spiro atoms. The predicted molar refractivity (Wildman–Crippen MR) is 125 cm³/mol. The molecule has 0 unspecified atom stereocenters. The van der Waals surface area contributed by atoms with Crippen LogP contribution in [0.4, 0.5) is 5.95 Å². The Morgan fingerprint density at radius 3 is 2.64 bits per heavy atom. The molecule has 3 aromatic rings. The molecule has 2 saturated heterocycles. The lowest BCUT2D eigenvalue weighted by molar-refractivity contribution is -0.365. The standard InChI is InChI=1S/C24H32N8O/c1-2-21-29-20-4-3-9-26-22(20)32(21)19-7-12-31(13-8-19)23(33)18-5-10-30(11-6-18)16-17-14-27-24(25)28-15-17/h3-4,9,14-15,18-19H,2,5-8,10-13,16H2,1H3,(H2,25,27,28)/p+1. The second kappa shape index (κ2) is 9.43. The Kier molecular flexibility index (Phi) is 6.22. The predicted octanol–water partition coefficient (Wildman–Crippen LogP) is 1.86. The summed E-state index contributed by atoms with van der Waals surface area (Å²) in [5.74, 6) is 1.99. The van der Waals surface area contributed by atoms with Gasteiger partial charge in [0.05, 0.1) is 6.20 Å². The number of nitrogens with zero attached hydrogens (tertiary/aromatic N) is 6. The number of hydrogen-bond donors (Lipinski definition) is 1. The summed E-state index contributed by atoms with van der Waals surface area (Å²) in [5.41, 5.74) is 8.68. The largest absolute Gasteiger partial charge is 0.386 e. The monoisotopic (exact) mass is 449 g/mol. The van der Waals surface area contributed by atoms with E-state index < -0.39 is 0 Å². The van der Waals surface area contributed by atoms with Crippen molar-refractivity contribution in [3.8, 4) is 0 Å². The van der Waals surface area contributed by atoms with Crippen LogP contribution in [0.1, 0.15) is 50.0 Å². The minimum atomic E-state index is 0.135. The molecule has 0 radical (unpaired) electrons. The number of aromatic nitrogens is 5. The number of nitrogens with one attached hydrogen (secondary N) is 1. The zero-order valence-electron chi connectivity index (χ0n) is 19.3. The van der Waals surface area contributed by atoms with Gasteiger partial charge in [-0.1, -0.05) is 11.9 Å². The van der Waals surface area contributed by atoms with E-state index in [9.17, 15) is 4.79 Å². The number of piperidine rings is 2. The number of hydrogen-bond acceptors (Lipinski definition) is 6. The average Bonchev–Trinajstić information content (AvgIpc) is 3.24. The van der Waals surface area contributed by atoms with Crippen molar-refractivity contribution in [3.05, 3.63) is 42.1 Å². The summed E-state index contributed by atoms with van der Waals surface area (Å²) >= 11 is 0. The number of aromatic amines is 1. The number of carbonyl (C=O) groups is 1. The Hall–Kier alpha value is -3.07. The smallest absolute Gasteiger partial charge is 0.342 e. The normalized spacial score (nSPS) is 18.8. The van der Waals surface area contributed by atoms with Gasteiger partial charge in [0.25, 0.3) is 0 Å². The van der Waals surface area contributed by atoms with Crippen LogP contribution in [0, 0.1) is 5.92 Å². The molecule has 5 heterocycles. The fraction of sp³-hybridized carbons (Fsp3) is 0.542. The lowest BCUT2D eigenvalue weighted by atomic mass is 9.93. The van der Waals surface area contributed by atoms with E-state index in [-0.39, 0.29) is 5.92 Å². The van der Waals surface area contributed by atoms with Gasteiger partial charge in [0.15, 0.2) is 5.65 Å². The van der Waals surface area contributed by atoms with Crippen LogP contribution in [-0.4, -0.2) is 61.4 Å². The summed E-state index contributed by atoms with van der Waals surface area (Å²) in [6.07, 6.45) is 10.2. The molecule has 2 aliphatic rings. The topological polar surface area (TPSA) is 107 Å². The number of carbonyl (C=O) groups excluding carboxylic acids is 1. The summed E-state index contributed by atoms with van der Waals surface area (Å²) in [5, 5.41) is 0. The van der Waals surface area contributed by atoms with Crippen LogP contribution in [0.5, 0.6) is 0 Å². The van der Waals surface area contributed by atoms with E-state index in [0.29, 0.717) is 17.9 Å². The number of pyridine rings is 1. The fourth-order valence-electron chi connectivity index (χ4n) is 5.29. The maximum absolute atomic E-state index is 13.2. The molecule has 3 aromatic heterocycles. The number of aryl methyl sites for hydroxylation is 1. The second-order valence-corrected chi connectivity index (χ2v) is 9.21. The highest BCUT2D eigenvalue weighted by molar-refractivity contribution is 5.79. The first-order chi connectivity index (χ1) is 16.1. The maximum Gasteiger partial charge on any atom is 0.386 e. The third kappa shape index (κ3) is 4.55. The molecule has 0 saturated carbocycles. The van der Waals surface area contributed by atoms with Crippen molar-refractivity contribution < 1.29 is 9.78 Å². The van der Waals surface area contributed by atoms with Gasteiger partial charge in [0.1, 0.15) is 17.5 Å². The van der Waals surface area contributed by atoms with Gasteiger partial charge in [0, 0.05) is 49.8 Å². The fourth-order valence-corrected chi connectivity index (χ4v) is 5.29. The van der Waals surface area contributed by atoms with E-state index in [1.165, 1.54) is 0 Å². The number of H-pyrrole nitrogens is 1. The molecule has 3 N–H and O–H groups in total. The number of amides is 1. The van der Waals surface area contributed by atoms with E-state index >= 15 is 0 Å². The third-order valence-corrected chi connectivity index (χ3v) is 7.10. The first-order valence-electron chi connectivity index (χ1n) is 12.1. The molecule has 0 aromatic carbocycles. The van der Waals surface area contributed by atoms with Crippen LogP contribution in [0.25, 0.3) is 11.2 Å². The van der Waals surface area contributed by atoms with Crippen molar-refractivity contribution in [3.63, 3.8) is 0 Å². The van der Waals surface area contributed by atoms with Crippen molar-refractivity contribution >= 4 is 23.0 Å². The summed E-state index contributed by atoms with van der Waals surface area (Å²) in [6.45, 7) is 6.47. The lowest BCUT2D eigenvalue weighted by Crippen LogP contribution is -2.45. The number of nitrogen functional groups attached to an aromatic ring is 1. The van der Waals surface area contributed by atoms with Crippen LogP contribution in [-0.2, 0) is 17.8 Å². The number of fused-ring (bicyclic) bond motifs is 1. The van der Waals surface area contributed by atoms with Gasteiger partial charge in [-0.3, -0.25) is 15.4 Å². The molecule has 2 fully saturated rings. The van der Waals surface area contributed by atoms with E-state index in [2.05, 4.69) is 36.2 Å². The van der Waals surface area contributed by atoms with Gasteiger partial charge in [-0.05, 0) is 50.9 Å². The van der Waals surface area contributed by atoms with E-state index in [1.54, 1.807) is 0 Å². The molecule has 9 heteroatoms. The van der Waals surface area contributed by atoms with Crippen LogP contribution in [0.15, 0.2) is 30.7 Å². The van der Waals surface area contributed by atoms with Crippen molar-refractivity contribution in [2.75, 3.05) is 31.9 Å². The Balaban J connectivity index is 1.15. The first kappa shape index (κ1) is 21.8. The molecular weight excluding hydrogens is 416 g/mol. The number of imidazole rings is 1. The van der Waals surface area contributed by atoms with Crippen LogP contribution >= 0.6 is 0 Å².